The smallest absolute Gasteiger partial charge is 0.318 e. The second kappa shape index (κ2) is 10.1. The number of hydrogen-bond donors (Lipinski definition) is 1. The molecule has 228 valence electrons. The average molecular weight is 602 g/mol. The van der Waals surface area contributed by atoms with Crippen LogP contribution in [-0.2, 0) is 26.1 Å². The third kappa shape index (κ3) is 4.21. The summed E-state index contributed by atoms with van der Waals surface area (Å²) in [6.07, 6.45) is 5.50. The van der Waals surface area contributed by atoms with Crippen molar-refractivity contribution < 1.29 is 23.4 Å². The molecule has 4 aliphatic heterocycles. The van der Waals surface area contributed by atoms with E-state index in [1.165, 1.54) is 12.1 Å². The van der Waals surface area contributed by atoms with Crippen LogP contribution in [0.3, 0.4) is 0 Å². The monoisotopic (exact) mass is 601 g/mol. The van der Waals surface area contributed by atoms with Gasteiger partial charge in [-0.25, -0.2) is 13.8 Å². The number of fused-ring (bicyclic) bond motifs is 4. The number of imidazole rings is 1. The molecule has 8 rings (SSSR count). The second-order valence-corrected chi connectivity index (χ2v) is 12.3. The Kier molecular flexibility index (Phi) is 6.26. The van der Waals surface area contributed by atoms with Crippen LogP contribution in [0.25, 0.3) is 10.8 Å². The lowest BCUT2D eigenvalue weighted by Crippen LogP contribution is -2.43. The summed E-state index contributed by atoms with van der Waals surface area (Å²) in [6, 6.07) is 6.23. The molecule has 1 amide bonds. The molecule has 0 saturated carbocycles. The van der Waals surface area contributed by atoms with Crippen LogP contribution in [0.4, 0.5) is 20.3 Å². The van der Waals surface area contributed by atoms with E-state index in [-0.39, 0.29) is 42.2 Å². The van der Waals surface area contributed by atoms with Crippen LogP contribution in [0.1, 0.15) is 53.6 Å². The Balaban J connectivity index is 1.20. The highest BCUT2D eigenvalue weighted by Gasteiger charge is 2.49. The van der Waals surface area contributed by atoms with Crippen molar-refractivity contribution in [2.75, 3.05) is 36.0 Å². The molecule has 0 spiro atoms. The van der Waals surface area contributed by atoms with Gasteiger partial charge in [0, 0.05) is 49.9 Å². The van der Waals surface area contributed by atoms with E-state index in [0.717, 1.165) is 25.2 Å². The lowest BCUT2D eigenvalue weighted by molar-refractivity contribution is 0.0996. The summed E-state index contributed by atoms with van der Waals surface area (Å²) in [5.41, 5.74) is 1.37. The number of aryl methyl sites for hydroxylation is 1. The number of carbonyl (C=O) groups excluding carboxylic acids is 1. The number of rotatable bonds is 6. The van der Waals surface area contributed by atoms with E-state index in [1.54, 1.807) is 23.2 Å². The zero-order chi connectivity index (χ0) is 30.2. The van der Waals surface area contributed by atoms with E-state index >= 15 is 0 Å². The lowest BCUT2D eigenvalue weighted by Gasteiger charge is -2.31. The van der Waals surface area contributed by atoms with E-state index in [4.69, 9.17) is 14.7 Å². The van der Waals surface area contributed by atoms with Crippen LogP contribution in [0.5, 0.6) is 11.8 Å². The summed E-state index contributed by atoms with van der Waals surface area (Å²) >= 11 is 0. The Morgan fingerprint density at radius 2 is 2.05 bits per heavy atom. The molecule has 2 aromatic heterocycles. The quantitative estimate of drug-likeness (QED) is 0.348. The summed E-state index contributed by atoms with van der Waals surface area (Å²) in [7, 11) is 0. The van der Waals surface area contributed by atoms with Crippen molar-refractivity contribution in [3.8, 4) is 11.8 Å². The van der Waals surface area contributed by atoms with Gasteiger partial charge in [0.05, 0.1) is 30.0 Å². The van der Waals surface area contributed by atoms with Gasteiger partial charge in [0.25, 0.3) is 5.91 Å². The van der Waals surface area contributed by atoms with Crippen molar-refractivity contribution >= 4 is 28.2 Å². The number of halogens is 2. The molecule has 12 heteroatoms. The Labute approximate surface area is 252 Å². The first-order chi connectivity index (χ1) is 21.3. The molecule has 2 atom stereocenters. The van der Waals surface area contributed by atoms with Gasteiger partial charge in [-0.1, -0.05) is 13.0 Å². The van der Waals surface area contributed by atoms with E-state index < -0.39 is 6.17 Å². The number of benzene rings is 2. The molecule has 10 nitrogen and oxygen atoms in total. The van der Waals surface area contributed by atoms with Crippen LogP contribution >= 0.6 is 0 Å². The van der Waals surface area contributed by atoms with Crippen LogP contribution in [0.2, 0.25) is 0 Å². The average Bonchev–Trinajstić information content (AvgIpc) is 3.77. The fourth-order valence-electron chi connectivity index (χ4n) is 7.69. The summed E-state index contributed by atoms with van der Waals surface area (Å²) in [5.74, 6) is 0.597. The number of ether oxygens (including phenoxy) is 1. The van der Waals surface area contributed by atoms with E-state index in [0.29, 0.717) is 78.1 Å². The summed E-state index contributed by atoms with van der Waals surface area (Å²) in [6.45, 7) is 5.22. The van der Waals surface area contributed by atoms with E-state index in [9.17, 15) is 18.7 Å². The van der Waals surface area contributed by atoms with Crippen molar-refractivity contribution in [2.45, 2.75) is 64.0 Å². The molecule has 44 heavy (non-hydrogen) atoms. The molecule has 6 heterocycles. The number of phenols is 1. The predicted molar refractivity (Wildman–Crippen MR) is 159 cm³/mol. The molecule has 0 radical (unpaired) electrons. The van der Waals surface area contributed by atoms with Gasteiger partial charge in [-0.05, 0) is 48.9 Å². The SMILES string of the molecule is CCc1c(F)ccc2cc(O)cc(N3Cc4nc(OCC56CCCN5CC(F)C6)nc(N5CCn6ccnc6C5)c4C3=O)c12. The van der Waals surface area contributed by atoms with Crippen LogP contribution in [-0.4, -0.2) is 73.4 Å². The number of anilines is 2. The molecule has 2 saturated heterocycles. The third-order valence-corrected chi connectivity index (χ3v) is 9.76. The fourth-order valence-corrected chi connectivity index (χ4v) is 7.69. The third-order valence-electron chi connectivity index (χ3n) is 9.76. The molecule has 0 aliphatic carbocycles. The van der Waals surface area contributed by atoms with Crippen LogP contribution in [0.15, 0.2) is 36.7 Å². The van der Waals surface area contributed by atoms with Crippen LogP contribution < -0.4 is 14.5 Å². The molecular formula is C32H33F2N7O3. The molecule has 4 aromatic rings. The van der Waals surface area contributed by atoms with E-state index in [2.05, 4.69) is 14.5 Å². The highest BCUT2D eigenvalue weighted by Crippen LogP contribution is 2.43. The largest absolute Gasteiger partial charge is 0.508 e. The Morgan fingerprint density at radius 3 is 2.91 bits per heavy atom. The molecule has 2 unspecified atom stereocenters. The number of amides is 1. The molecule has 1 N–H and O–H groups in total. The Morgan fingerprint density at radius 1 is 1.16 bits per heavy atom. The van der Waals surface area contributed by atoms with Crippen molar-refractivity contribution in [1.82, 2.24) is 24.4 Å². The zero-order valence-electron chi connectivity index (χ0n) is 24.5. The number of hydrogen-bond acceptors (Lipinski definition) is 8. The van der Waals surface area contributed by atoms with Crippen LogP contribution in [0, 0.1) is 5.82 Å². The van der Waals surface area contributed by atoms with Crippen molar-refractivity contribution in [2.24, 2.45) is 0 Å². The highest BCUT2D eigenvalue weighted by molar-refractivity contribution is 6.16. The number of alkyl halides is 1. The number of phenolic OH excluding ortho intramolecular Hbond substituents is 1. The van der Waals surface area contributed by atoms with Gasteiger partial charge in [-0.2, -0.15) is 9.97 Å². The Bertz CT molecular complexity index is 1810. The first kappa shape index (κ1) is 27.2. The maximum atomic E-state index is 15.0. The minimum Gasteiger partial charge on any atom is -0.508 e. The Hall–Kier alpha value is -4.32. The second-order valence-electron chi connectivity index (χ2n) is 12.3. The summed E-state index contributed by atoms with van der Waals surface area (Å²) in [5, 5.41) is 11.8. The van der Waals surface area contributed by atoms with Gasteiger partial charge >= 0.3 is 6.01 Å². The van der Waals surface area contributed by atoms with E-state index in [1.807, 2.05) is 18.0 Å². The number of aromatic nitrogens is 4. The minimum atomic E-state index is -0.881. The number of carbonyl (C=O) groups is 1. The summed E-state index contributed by atoms with van der Waals surface area (Å²) in [4.78, 5) is 34.0. The van der Waals surface area contributed by atoms with Crippen molar-refractivity contribution in [1.29, 1.82) is 0 Å². The predicted octanol–water partition coefficient (Wildman–Crippen LogP) is 4.37. The van der Waals surface area contributed by atoms with Gasteiger partial charge in [-0.15, -0.1) is 0 Å². The standard InChI is InChI=1S/C32H33F2N7O3/c1-2-22-23(34)5-4-19-12-21(42)13-25(27(19)22)41-16-24-28(30(41)43)29(39-11-10-38-9-7-35-26(38)17-39)37-31(36-24)44-18-32-6-3-8-40(32)15-20(33)14-32/h4-5,7,9,12-13,20,42H,2-3,6,8,10-11,14-18H2,1H3. The molecular weight excluding hydrogens is 568 g/mol. The maximum Gasteiger partial charge on any atom is 0.318 e. The zero-order valence-corrected chi connectivity index (χ0v) is 24.5. The normalized spacial score (nSPS) is 23.0. The van der Waals surface area contributed by atoms with Gasteiger partial charge in [0.15, 0.2) is 0 Å². The van der Waals surface area contributed by atoms with Gasteiger partial charge < -0.3 is 24.2 Å². The molecule has 4 aliphatic rings. The topological polar surface area (TPSA) is 99.9 Å². The first-order valence-corrected chi connectivity index (χ1v) is 15.3. The van der Waals surface area contributed by atoms with Gasteiger partial charge in [0.2, 0.25) is 0 Å². The highest BCUT2D eigenvalue weighted by atomic mass is 19.1. The lowest BCUT2D eigenvalue weighted by atomic mass is 9.95. The minimum absolute atomic E-state index is 0.0220. The van der Waals surface area contributed by atoms with Crippen molar-refractivity contribution in [3.63, 3.8) is 0 Å². The number of nitrogens with zero attached hydrogens (tertiary/aromatic N) is 7. The van der Waals surface area contributed by atoms with Gasteiger partial charge in [-0.3, -0.25) is 9.69 Å². The van der Waals surface area contributed by atoms with Crippen molar-refractivity contribution in [3.05, 3.63) is 65.1 Å². The van der Waals surface area contributed by atoms with Gasteiger partial charge in [0.1, 0.15) is 41.6 Å². The first-order valence-electron chi connectivity index (χ1n) is 15.3. The molecule has 2 fully saturated rings. The molecule has 2 aromatic carbocycles. The fraction of sp³-hybridized carbons (Fsp3) is 0.438. The molecule has 0 bridgehead atoms. The summed E-state index contributed by atoms with van der Waals surface area (Å²) < 4.78 is 37.8. The number of aromatic hydroxyl groups is 1. The maximum absolute atomic E-state index is 15.0.